The maximum atomic E-state index is 5.59. The average Bonchev–Trinajstić information content (AvgIpc) is 3.90. The molecule has 55 heavy (non-hydrogen) atoms. The summed E-state index contributed by atoms with van der Waals surface area (Å²) >= 11 is 1.77. The van der Waals surface area contributed by atoms with Gasteiger partial charge in [0.1, 0.15) is 0 Å². The summed E-state index contributed by atoms with van der Waals surface area (Å²) in [6.07, 6.45) is 0. The van der Waals surface area contributed by atoms with E-state index in [0.717, 1.165) is 49.1 Å². The fourth-order valence-corrected chi connectivity index (χ4v) is 9.72. The molecule has 0 radical (unpaired) electrons. The molecule has 0 unspecified atom stereocenters. The first-order valence-electron chi connectivity index (χ1n) is 18.6. The lowest BCUT2D eigenvalue weighted by Gasteiger charge is -2.12. The smallest absolute Gasteiger partial charge is 0.235 e. The molecule has 0 spiro atoms. The molecular formula is C50H30N4S. The quantitative estimate of drug-likeness (QED) is 0.182. The molecule has 0 fully saturated rings. The van der Waals surface area contributed by atoms with E-state index in [4.69, 9.17) is 9.97 Å². The minimum absolute atomic E-state index is 0.664. The number of nitrogens with zero attached hydrogens (tertiary/aromatic N) is 4. The monoisotopic (exact) mass is 718 g/mol. The molecule has 12 aromatic rings. The molecule has 8 aromatic carbocycles. The largest absolute Gasteiger partial charge is 0.309 e. The van der Waals surface area contributed by atoms with Gasteiger partial charge in [0, 0.05) is 42.9 Å². The molecule has 4 aromatic heterocycles. The first kappa shape index (κ1) is 30.4. The van der Waals surface area contributed by atoms with Gasteiger partial charge in [0.2, 0.25) is 5.95 Å². The molecule has 256 valence electrons. The van der Waals surface area contributed by atoms with Crippen molar-refractivity contribution < 1.29 is 0 Å². The predicted octanol–water partition coefficient (Wildman–Crippen LogP) is 13.5. The fourth-order valence-electron chi connectivity index (χ4n) is 8.58. The Kier molecular flexibility index (Phi) is 6.47. The van der Waals surface area contributed by atoms with Gasteiger partial charge in [-0.3, -0.25) is 4.57 Å². The Hall–Kier alpha value is -7.08. The van der Waals surface area contributed by atoms with Crippen molar-refractivity contribution in [1.29, 1.82) is 0 Å². The molecule has 0 atom stereocenters. The van der Waals surface area contributed by atoms with Crippen LogP contribution >= 0.6 is 11.3 Å². The molecule has 0 aliphatic heterocycles. The summed E-state index contributed by atoms with van der Waals surface area (Å²) in [6.45, 7) is 0. The van der Waals surface area contributed by atoms with Gasteiger partial charge in [0.15, 0.2) is 0 Å². The zero-order valence-electron chi connectivity index (χ0n) is 29.5. The first-order valence-corrected chi connectivity index (χ1v) is 19.4. The SMILES string of the molecule is c1ccc(-c2ccc3sc4c(-c5ccc6c7ccccc7n(-c7ccccc7)c6c5)nc(-n5c6ccccc6c6cc7ccccc7cc65)nc4c3c2)cc1. The predicted molar refractivity (Wildman–Crippen MR) is 232 cm³/mol. The first-order chi connectivity index (χ1) is 27.3. The molecular weight excluding hydrogens is 689 g/mol. The third-order valence-corrected chi connectivity index (χ3v) is 12.3. The van der Waals surface area contributed by atoms with E-state index in [1.54, 1.807) is 11.3 Å². The molecule has 0 bridgehead atoms. The second-order valence-electron chi connectivity index (χ2n) is 14.2. The molecule has 4 heterocycles. The van der Waals surface area contributed by atoms with Crippen molar-refractivity contribution in [3.05, 3.63) is 182 Å². The number of hydrogen-bond acceptors (Lipinski definition) is 3. The summed E-state index contributed by atoms with van der Waals surface area (Å²) in [5, 5.41) is 8.36. The lowest BCUT2D eigenvalue weighted by Crippen LogP contribution is -2.03. The molecule has 0 saturated carbocycles. The summed E-state index contributed by atoms with van der Waals surface area (Å²) in [7, 11) is 0. The lowest BCUT2D eigenvalue weighted by atomic mass is 10.0. The van der Waals surface area contributed by atoms with Gasteiger partial charge in [-0.2, -0.15) is 0 Å². The van der Waals surface area contributed by atoms with Crippen molar-refractivity contribution in [3.63, 3.8) is 0 Å². The van der Waals surface area contributed by atoms with E-state index >= 15 is 0 Å². The van der Waals surface area contributed by atoms with Gasteiger partial charge in [0.25, 0.3) is 0 Å². The van der Waals surface area contributed by atoms with E-state index < -0.39 is 0 Å². The van der Waals surface area contributed by atoms with Crippen LogP contribution in [0.5, 0.6) is 0 Å². The zero-order valence-corrected chi connectivity index (χ0v) is 30.3. The summed E-state index contributed by atoms with van der Waals surface area (Å²) < 4.78 is 6.92. The Labute approximate surface area is 319 Å². The van der Waals surface area contributed by atoms with Gasteiger partial charge in [0.05, 0.1) is 38.0 Å². The molecule has 0 saturated heterocycles. The van der Waals surface area contributed by atoms with Crippen LogP contribution < -0.4 is 0 Å². The molecule has 5 heteroatoms. The number of benzene rings is 8. The Morgan fingerprint density at radius 3 is 1.80 bits per heavy atom. The number of hydrogen-bond donors (Lipinski definition) is 0. The molecule has 0 aliphatic rings. The second-order valence-corrected chi connectivity index (χ2v) is 15.3. The van der Waals surface area contributed by atoms with Gasteiger partial charge in [-0.25, -0.2) is 9.97 Å². The van der Waals surface area contributed by atoms with E-state index in [-0.39, 0.29) is 0 Å². The van der Waals surface area contributed by atoms with Crippen LogP contribution in [0.25, 0.3) is 109 Å². The molecule has 0 aliphatic carbocycles. The van der Waals surface area contributed by atoms with E-state index in [2.05, 4.69) is 191 Å². The van der Waals surface area contributed by atoms with Crippen molar-refractivity contribution in [2.45, 2.75) is 0 Å². The maximum absolute atomic E-state index is 5.59. The standard InChI is InChI=1S/C50H30N4S/c1-3-13-31(14-4-1)34-24-26-46-41(28-34)48-49(55-46)47(35-23-25-39-37-19-9-11-21-42(37)53(44(39)30-35)36-17-5-2-6-18-36)51-50(52-48)54-43-22-12-10-20-38(43)40-27-32-15-7-8-16-33(32)29-45(40)54/h1-30H. The number of para-hydroxylation sites is 3. The molecule has 12 rings (SSSR count). The average molecular weight is 719 g/mol. The van der Waals surface area contributed by atoms with Crippen LogP contribution in [0.3, 0.4) is 0 Å². The Balaban J connectivity index is 1.20. The highest BCUT2D eigenvalue weighted by atomic mass is 32.1. The van der Waals surface area contributed by atoms with Crippen molar-refractivity contribution in [1.82, 2.24) is 19.1 Å². The van der Waals surface area contributed by atoms with E-state index in [1.165, 1.54) is 53.7 Å². The van der Waals surface area contributed by atoms with Gasteiger partial charge in [-0.1, -0.05) is 127 Å². The van der Waals surface area contributed by atoms with E-state index in [9.17, 15) is 0 Å². The van der Waals surface area contributed by atoms with E-state index in [1.807, 2.05) is 0 Å². The van der Waals surface area contributed by atoms with Crippen LogP contribution in [0.15, 0.2) is 182 Å². The molecule has 0 N–H and O–H groups in total. The minimum Gasteiger partial charge on any atom is -0.309 e. The lowest BCUT2D eigenvalue weighted by molar-refractivity contribution is 1.02. The third-order valence-electron chi connectivity index (χ3n) is 11.1. The highest BCUT2D eigenvalue weighted by Crippen LogP contribution is 2.43. The van der Waals surface area contributed by atoms with Crippen LogP contribution in [-0.2, 0) is 0 Å². The Morgan fingerprint density at radius 1 is 0.382 bits per heavy atom. The van der Waals surface area contributed by atoms with Crippen molar-refractivity contribution in [3.8, 4) is 34.0 Å². The molecule has 4 nitrogen and oxygen atoms in total. The van der Waals surface area contributed by atoms with Crippen LogP contribution in [-0.4, -0.2) is 19.1 Å². The zero-order chi connectivity index (χ0) is 36.0. The fraction of sp³-hybridized carbons (Fsp3) is 0. The number of aromatic nitrogens is 4. The Bertz CT molecular complexity index is 3480. The highest BCUT2D eigenvalue weighted by molar-refractivity contribution is 7.26. The van der Waals surface area contributed by atoms with Gasteiger partial charge in [-0.15, -0.1) is 11.3 Å². The number of fused-ring (bicyclic) bond motifs is 10. The normalized spacial score (nSPS) is 12.0. The van der Waals surface area contributed by atoms with Crippen LogP contribution in [0.1, 0.15) is 0 Å². The third kappa shape index (κ3) is 4.57. The van der Waals surface area contributed by atoms with Crippen molar-refractivity contribution >= 4 is 86.0 Å². The van der Waals surface area contributed by atoms with Crippen molar-refractivity contribution in [2.75, 3.05) is 0 Å². The second kappa shape index (κ2) is 11.7. The van der Waals surface area contributed by atoms with Crippen LogP contribution in [0, 0.1) is 0 Å². The van der Waals surface area contributed by atoms with Gasteiger partial charge in [-0.05, 0) is 76.5 Å². The van der Waals surface area contributed by atoms with Crippen molar-refractivity contribution in [2.24, 2.45) is 0 Å². The highest BCUT2D eigenvalue weighted by Gasteiger charge is 2.22. The maximum Gasteiger partial charge on any atom is 0.235 e. The summed E-state index contributed by atoms with van der Waals surface area (Å²) in [6, 6.07) is 65.4. The van der Waals surface area contributed by atoms with Gasteiger partial charge >= 0.3 is 0 Å². The minimum atomic E-state index is 0.664. The number of thiophene rings is 1. The summed E-state index contributed by atoms with van der Waals surface area (Å²) in [4.78, 5) is 11.1. The summed E-state index contributed by atoms with van der Waals surface area (Å²) in [5.41, 5.74) is 11.0. The van der Waals surface area contributed by atoms with Gasteiger partial charge < -0.3 is 4.57 Å². The number of rotatable bonds is 4. The van der Waals surface area contributed by atoms with Crippen LogP contribution in [0.4, 0.5) is 0 Å². The van der Waals surface area contributed by atoms with Crippen LogP contribution in [0.2, 0.25) is 0 Å². The Morgan fingerprint density at radius 2 is 1.00 bits per heavy atom. The van der Waals surface area contributed by atoms with E-state index in [0.29, 0.717) is 5.95 Å². The summed E-state index contributed by atoms with van der Waals surface area (Å²) in [5.74, 6) is 0.664. The molecule has 0 amide bonds. The topological polar surface area (TPSA) is 35.6 Å².